The van der Waals surface area contributed by atoms with E-state index in [9.17, 15) is 9.59 Å². The van der Waals surface area contributed by atoms with Gasteiger partial charge in [0.1, 0.15) is 5.75 Å². The summed E-state index contributed by atoms with van der Waals surface area (Å²) in [6.45, 7) is 3.28. The Morgan fingerprint density at radius 3 is 2.77 bits per heavy atom. The van der Waals surface area contributed by atoms with Crippen molar-refractivity contribution in [3.63, 3.8) is 0 Å². The van der Waals surface area contributed by atoms with Gasteiger partial charge in [-0.1, -0.05) is 0 Å². The molecule has 0 bridgehead atoms. The standard InChI is InChI=1S/C21H27N5O5/c1-14-11-15(13-22-12-14)31-20-23-18-17(24(20)2)19(27)26(21(28)25(18)3)8-6-10-30-16-7-4-5-9-29-16/h11-13,16H,4-10H2,1-3H3. The van der Waals surface area contributed by atoms with Crippen LogP contribution >= 0.6 is 0 Å². The number of hydrogen-bond donors (Lipinski definition) is 0. The Hall–Kier alpha value is -2.98. The fourth-order valence-electron chi connectivity index (χ4n) is 3.68. The molecule has 3 aromatic heterocycles. The van der Waals surface area contributed by atoms with Crippen molar-refractivity contribution in [3.05, 3.63) is 44.9 Å². The van der Waals surface area contributed by atoms with E-state index >= 15 is 0 Å². The van der Waals surface area contributed by atoms with E-state index in [1.54, 1.807) is 31.1 Å². The number of aryl methyl sites for hydroxylation is 3. The van der Waals surface area contributed by atoms with Crippen molar-refractivity contribution in [2.75, 3.05) is 13.2 Å². The van der Waals surface area contributed by atoms with Crippen molar-refractivity contribution >= 4 is 11.2 Å². The second-order valence-corrected chi connectivity index (χ2v) is 7.74. The van der Waals surface area contributed by atoms with Gasteiger partial charge < -0.3 is 14.2 Å². The van der Waals surface area contributed by atoms with Gasteiger partial charge in [-0.05, 0) is 44.2 Å². The van der Waals surface area contributed by atoms with Crippen LogP contribution in [0.25, 0.3) is 11.2 Å². The minimum atomic E-state index is -0.423. The van der Waals surface area contributed by atoms with E-state index in [0.717, 1.165) is 24.8 Å². The monoisotopic (exact) mass is 429 g/mol. The summed E-state index contributed by atoms with van der Waals surface area (Å²) in [5.74, 6) is 0.505. The van der Waals surface area contributed by atoms with Gasteiger partial charge in [0.15, 0.2) is 17.5 Å². The molecule has 10 nitrogen and oxygen atoms in total. The molecule has 0 spiro atoms. The van der Waals surface area contributed by atoms with E-state index in [2.05, 4.69) is 9.97 Å². The zero-order chi connectivity index (χ0) is 22.0. The van der Waals surface area contributed by atoms with Gasteiger partial charge in [-0.2, -0.15) is 4.98 Å². The lowest BCUT2D eigenvalue weighted by Crippen LogP contribution is -2.40. The second kappa shape index (κ2) is 9.03. The summed E-state index contributed by atoms with van der Waals surface area (Å²) in [4.78, 5) is 34.4. The van der Waals surface area contributed by atoms with Gasteiger partial charge >= 0.3 is 11.7 Å². The number of nitrogens with zero attached hydrogens (tertiary/aromatic N) is 5. The van der Waals surface area contributed by atoms with Crippen LogP contribution in [0.5, 0.6) is 11.8 Å². The maximum atomic E-state index is 13.1. The number of hydrogen-bond acceptors (Lipinski definition) is 7. The molecule has 31 heavy (non-hydrogen) atoms. The van der Waals surface area contributed by atoms with Gasteiger partial charge in [0.05, 0.1) is 12.8 Å². The first-order chi connectivity index (χ1) is 15.0. The van der Waals surface area contributed by atoms with Crippen LogP contribution in [0.2, 0.25) is 0 Å². The smallest absolute Gasteiger partial charge is 0.332 e. The number of fused-ring (bicyclic) bond motifs is 1. The van der Waals surface area contributed by atoms with Gasteiger partial charge in [0, 0.05) is 33.4 Å². The lowest BCUT2D eigenvalue weighted by atomic mass is 10.2. The van der Waals surface area contributed by atoms with Gasteiger partial charge in [0.2, 0.25) is 0 Å². The molecular formula is C21H27N5O5. The highest BCUT2D eigenvalue weighted by Crippen LogP contribution is 2.22. The third kappa shape index (κ3) is 4.40. The molecule has 4 heterocycles. The van der Waals surface area contributed by atoms with E-state index in [0.29, 0.717) is 30.9 Å². The number of aromatic nitrogens is 5. The number of pyridine rings is 1. The Kier molecular flexibility index (Phi) is 6.19. The third-order valence-corrected chi connectivity index (χ3v) is 5.35. The maximum absolute atomic E-state index is 13.1. The molecule has 0 aliphatic carbocycles. The molecule has 0 saturated carbocycles. The predicted octanol–water partition coefficient (Wildman–Crippen LogP) is 1.86. The minimum absolute atomic E-state index is 0.191. The summed E-state index contributed by atoms with van der Waals surface area (Å²) in [5.41, 5.74) is 0.685. The van der Waals surface area contributed by atoms with Crippen molar-refractivity contribution in [2.24, 2.45) is 14.1 Å². The lowest BCUT2D eigenvalue weighted by Gasteiger charge is -2.22. The summed E-state index contributed by atoms with van der Waals surface area (Å²) < 4.78 is 21.2. The highest BCUT2D eigenvalue weighted by atomic mass is 16.7. The molecule has 1 aliphatic rings. The molecule has 1 atom stereocenters. The normalized spacial score (nSPS) is 16.7. The molecule has 0 N–H and O–H groups in total. The molecule has 1 saturated heterocycles. The average Bonchev–Trinajstić information content (AvgIpc) is 3.08. The van der Waals surface area contributed by atoms with Crippen LogP contribution in [0.1, 0.15) is 31.2 Å². The molecule has 3 aromatic rings. The van der Waals surface area contributed by atoms with E-state index in [4.69, 9.17) is 14.2 Å². The van der Waals surface area contributed by atoms with E-state index in [1.165, 1.54) is 9.13 Å². The number of rotatable bonds is 7. The van der Waals surface area contributed by atoms with Crippen LogP contribution in [0, 0.1) is 6.92 Å². The molecule has 10 heteroatoms. The Balaban J connectivity index is 1.56. The largest absolute Gasteiger partial charge is 0.424 e. The van der Waals surface area contributed by atoms with E-state index in [1.807, 2.05) is 13.0 Å². The molecule has 0 amide bonds. The SMILES string of the molecule is Cc1cncc(Oc2nc3c(c(=O)n(CCCOC4CCCCO4)c(=O)n3C)n2C)c1. The summed E-state index contributed by atoms with van der Waals surface area (Å²) in [7, 11) is 3.28. The lowest BCUT2D eigenvalue weighted by molar-refractivity contribution is -0.163. The summed E-state index contributed by atoms with van der Waals surface area (Å²) in [5, 5.41) is 0. The minimum Gasteiger partial charge on any atom is -0.424 e. The van der Waals surface area contributed by atoms with Gasteiger partial charge in [-0.15, -0.1) is 0 Å². The molecule has 0 radical (unpaired) electrons. The van der Waals surface area contributed by atoms with Crippen molar-refractivity contribution < 1.29 is 14.2 Å². The fourth-order valence-corrected chi connectivity index (χ4v) is 3.68. The molecular weight excluding hydrogens is 402 g/mol. The van der Waals surface area contributed by atoms with Gasteiger partial charge in [-0.3, -0.25) is 23.5 Å². The molecule has 1 aliphatic heterocycles. The van der Waals surface area contributed by atoms with Crippen LogP contribution in [0.3, 0.4) is 0 Å². The predicted molar refractivity (Wildman–Crippen MR) is 113 cm³/mol. The first kappa shape index (κ1) is 21.3. The maximum Gasteiger partial charge on any atom is 0.332 e. The Morgan fingerprint density at radius 2 is 2.03 bits per heavy atom. The first-order valence-corrected chi connectivity index (χ1v) is 10.4. The zero-order valence-corrected chi connectivity index (χ0v) is 18.0. The molecule has 0 aromatic carbocycles. The summed E-state index contributed by atoms with van der Waals surface area (Å²) in [6, 6.07) is 2.03. The fraction of sp³-hybridized carbons (Fsp3) is 0.524. The average molecular weight is 429 g/mol. The molecule has 166 valence electrons. The highest BCUT2D eigenvalue weighted by Gasteiger charge is 2.20. The Morgan fingerprint density at radius 1 is 1.19 bits per heavy atom. The summed E-state index contributed by atoms with van der Waals surface area (Å²) in [6.07, 6.45) is 6.64. The van der Waals surface area contributed by atoms with Crippen LogP contribution in [0.4, 0.5) is 0 Å². The number of imidazole rings is 1. The second-order valence-electron chi connectivity index (χ2n) is 7.74. The van der Waals surface area contributed by atoms with Crippen molar-refractivity contribution in [3.8, 4) is 11.8 Å². The topological polar surface area (TPSA) is 102 Å². The first-order valence-electron chi connectivity index (χ1n) is 10.4. The van der Waals surface area contributed by atoms with Crippen molar-refractivity contribution in [1.29, 1.82) is 0 Å². The van der Waals surface area contributed by atoms with Gasteiger partial charge in [0.25, 0.3) is 5.56 Å². The van der Waals surface area contributed by atoms with Crippen molar-refractivity contribution in [1.82, 2.24) is 23.7 Å². The van der Waals surface area contributed by atoms with Gasteiger partial charge in [-0.25, -0.2) is 4.79 Å². The van der Waals surface area contributed by atoms with Crippen LogP contribution in [-0.2, 0) is 30.1 Å². The van der Waals surface area contributed by atoms with Crippen LogP contribution < -0.4 is 16.0 Å². The quantitative estimate of drug-likeness (QED) is 0.528. The van der Waals surface area contributed by atoms with E-state index in [-0.39, 0.29) is 24.5 Å². The van der Waals surface area contributed by atoms with Crippen LogP contribution in [0.15, 0.2) is 28.0 Å². The Labute approximate surface area is 179 Å². The highest BCUT2D eigenvalue weighted by molar-refractivity contribution is 5.71. The van der Waals surface area contributed by atoms with Crippen molar-refractivity contribution in [2.45, 2.75) is 45.4 Å². The molecule has 4 rings (SSSR count). The number of ether oxygens (including phenoxy) is 3. The van der Waals surface area contributed by atoms with E-state index < -0.39 is 11.2 Å². The molecule has 1 unspecified atom stereocenters. The third-order valence-electron chi connectivity index (χ3n) is 5.35. The molecule has 1 fully saturated rings. The zero-order valence-electron chi connectivity index (χ0n) is 18.0. The summed E-state index contributed by atoms with van der Waals surface area (Å²) >= 11 is 0. The van der Waals surface area contributed by atoms with Crippen LogP contribution in [-0.4, -0.2) is 43.2 Å². The Bertz CT molecular complexity index is 1190.